The van der Waals surface area contributed by atoms with Crippen LogP contribution in [0.25, 0.3) is 0 Å². The monoisotopic (exact) mass is 233 g/mol. The zero-order chi connectivity index (χ0) is 11.5. The molecule has 0 aliphatic carbocycles. The first-order valence-electron chi connectivity index (χ1n) is 4.67. The quantitative estimate of drug-likeness (QED) is 0.779. The molecule has 0 fully saturated rings. The lowest BCUT2D eigenvalue weighted by atomic mass is 10.2. The van der Waals surface area contributed by atoms with Gasteiger partial charge in [0, 0.05) is 24.9 Å². The third kappa shape index (κ3) is 2.01. The van der Waals surface area contributed by atoms with E-state index in [0.29, 0.717) is 4.99 Å². The molecule has 0 aromatic carbocycles. The molecule has 82 valence electrons. The van der Waals surface area contributed by atoms with Gasteiger partial charge in [-0.05, 0) is 6.07 Å². The Bertz CT molecular complexity index is 519. The van der Waals surface area contributed by atoms with Gasteiger partial charge in [-0.3, -0.25) is 9.67 Å². The summed E-state index contributed by atoms with van der Waals surface area (Å²) in [6.07, 6.45) is 5.05. The highest BCUT2D eigenvalue weighted by molar-refractivity contribution is 7.80. The second-order valence-electron chi connectivity index (χ2n) is 3.25. The van der Waals surface area contributed by atoms with E-state index in [-0.39, 0.29) is 0 Å². The van der Waals surface area contributed by atoms with E-state index in [4.69, 9.17) is 18.0 Å². The predicted molar refractivity (Wildman–Crippen MR) is 66.6 cm³/mol. The Morgan fingerprint density at radius 1 is 1.44 bits per heavy atom. The van der Waals surface area contributed by atoms with Gasteiger partial charge in [-0.1, -0.05) is 12.2 Å². The fourth-order valence-corrected chi connectivity index (χ4v) is 1.52. The summed E-state index contributed by atoms with van der Waals surface area (Å²) in [5, 5.41) is 7.23. The summed E-state index contributed by atoms with van der Waals surface area (Å²) >= 11 is 4.97. The van der Waals surface area contributed by atoms with Gasteiger partial charge in [-0.25, -0.2) is 0 Å². The lowest BCUT2D eigenvalue weighted by Crippen LogP contribution is -2.12. The number of aryl methyl sites for hydroxylation is 1. The Kier molecular flexibility index (Phi) is 2.82. The average molecular weight is 233 g/mol. The Morgan fingerprint density at radius 3 is 2.88 bits per heavy atom. The van der Waals surface area contributed by atoms with Crippen molar-refractivity contribution in [3.8, 4) is 0 Å². The largest absolute Gasteiger partial charge is 0.389 e. The number of hydrogen-bond donors (Lipinski definition) is 2. The highest BCUT2D eigenvalue weighted by atomic mass is 32.1. The lowest BCUT2D eigenvalue weighted by molar-refractivity contribution is 0.776. The van der Waals surface area contributed by atoms with Crippen LogP contribution in [0.1, 0.15) is 5.56 Å². The minimum Gasteiger partial charge on any atom is -0.389 e. The summed E-state index contributed by atoms with van der Waals surface area (Å²) in [5.74, 6) is 0.852. The molecule has 2 aromatic heterocycles. The summed E-state index contributed by atoms with van der Waals surface area (Å²) in [6.45, 7) is 0. The van der Waals surface area contributed by atoms with Crippen molar-refractivity contribution in [2.24, 2.45) is 12.8 Å². The van der Waals surface area contributed by atoms with Crippen LogP contribution in [0.4, 0.5) is 11.5 Å². The number of hydrogen-bond acceptors (Lipinski definition) is 4. The van der Waals surface area contributed by atoms with Gasteiger partial charge in [0.05, 0.1) is 18.1 Å². The van der Waals surface area contributed by atoms with E-state index >= 15 is 0 Å². The van der Waals surface area contributed by atoms with Crippen LogP contribution in [0.3, 0.4) is 0 Å². The third-order valence-electron chi connectivity index (χ3n) is 2.17. The van der Waals surface area contributed by atoms with Crippen LogP contribution < -0.4 is 11.1 Å². The van der Waals surface area contributed by atoms with Crippen LogP contribution in [0.15, 0.2) is 30.7 Å². The minimum absolute atomic E-state index is 0.340. The summed E-state index contributed by atoms with van der Waals surface area (Å²) in [4.78, 5) is 4.37. The predicted octanol–water partition coefficient (Wildman–Crippen LogP) is 1.19. The second-order valence-corrected chi connectivity index (χ2v) is 3.69. The first kappa shape index (κ1) is 10.6. The lowest BCUT2D eigenvalue weighted by Gasteiger charge is -2.10. The summed E-state index contributed by atoms with van der Waals surface area (Å²) in [7, 11) is 1.85. The number of anilines is 2. The number of pyridine rings is 1. The Hall–Kier alpha value is -1.95. The van der Waals surface area contributed by atoms with Gasteiger partial charge < -0.3 is 11.1 Å². The van der Waals surface area contributed by atoms with Gasteiger partial charge >= 0.3 is 0 Å². The SMILES string of the molecule is Cn1nccc1Nc1cnccc1C(N)=S. The fraction of sp³-hybridized carbons (Fsp3) is 0.100. The van der Waals surface area contributed by atoms with E-state index in [0.717, 1.165) is 17.1 Å². The van der Waals surface area contributed by atoms with Crippen molar-refractivity contribution in [2.45, 2.75) is 0 Å². The van der Waals surface area contributed by atoms with Crippen LogP contribution >= 0.6 is 12.2 Å². The van der Waals surface area contributed by atoms with Gasteiger partial charge in [0.2, 0.25) is 0 Å². The normalized spacial score (nSPS) is 10.1. The highest BCUT2D eigenvalue weighted by Gasteiger charge is 2.06. The second kappa shape index (κ2) is 4.28. The van der Waals surface area contributed by atoms with Gasteiger partial charge in [0.15, 0.2) is 0 Å². The molecule has 2 heterocycles. The maximum atomic E-state index is 5.62. The minimum atomic E-state index is 0.340. The molecule has 0 saturated heterocycles. The summed E-state index contributed by atoms with van der Waals surface area (Å²) in [5.41, 5.74) is 7.17. The Morgan fingerprint density at radius 2 is 2.25 bits per heavy atom. The van der Waals surface area contributed by atoms with Crippen molar-refractivity contribution >= 4 is 28.7 Å². The molecule has 2 rings (SSSR count). The summed E-state index contributed by atoms with van der Waals surface area (Å²) < 4.78 is 1.72. The standard InChI is InChI=1S/C10H11N5S/c1-15-9(3-5-13-15)14-8-6-12-4-2-7(8)10(11)16/h2-6,14H,1H3,(H2,11,16). The smallest absolute Gasteiger partial charge is 0.128 e. The van der Waals surface area contributed by atoms with Crippen molar-refractivity contribution in [3.63, 3.8) is 0 Å². The molecule has 16 heavy (non-hydrogen) atoms. The van der Waals surface area contributed by atoms with Crippen molar-refractivity contribution in [2.75, 3.05) is 5.32 Å². The molecule has 0 spiro atoms. The maximum absolute atomic E-state index is 5.62. The van der Waals surface area contributed by atoms with Gasteiger partial charge in [-0.15, -0.1) is 0 Å². The first-order valence-corrected chi connectivity index (χ1v) is 5.08. The number of aromatic nitrogens is 3. The molecular weight excluding hydrogens is 222 g/mol. The van der Waals surface area contributed by atoms with Gasteiger partial charge in [0.1, 0.15) is 10.8 Å². The summed E-state index contributed by atoms with van der Waals surface area (Å²) in [6, 6.07) is 3.64. The molecule has 2 aromatic rings. The van der Waals surface area contributed by atoms with Crippen LogP contribution in [0, 0.1) is 0 Å². The number of nitrogens with one attached hydrogen (secondary N) is 1. The number of thiocarbonyl (C=S) groups is 1. The van der Waals surface area contributed by atoms with Gasteiger partial charge in [-0.2, -0.15) is 5.10 Å². The van der Waals surface area contributed by atoms with Crippen LogP contribution in [-0.2, 0) is 7.05 Å². The van der Waals surface area contributed by atoms with Gasteiger partial charge in [0.25, 0.3) is 0 Å². The molecule has 0 radical (unpaired) electrons. The van der Waals surface area contributed by atoms with E-state index in [9.17, 15) is 0 Å². The Balaban J connectivity index is 2.35. The first-order chi connectivity index (χ1) is 7.68. The Labute approximate surface area is 98.3 Å². The zero-order valence-corrected chi connectivity index (χ0v) is 9.53. The molecule has 3 N–H and O–H groups in total. The highest BCUT2D eigenvalue weighted by Crippen LogP contribution is 2.18. The zero-order valence-electron chi connectivity index (χ0n) is 8.71. The molecule has 0 saturated carbocycles. The van der Waals surface area contributed by atoms with Crippen molar-refractivity contribution in [1.29, 1.82) is 0 Å². The topological polar surface area (TPSA) is 68.8 Å². The molecule has 6 heteroatoms. The third-order valence-corrected chi connectivity index (χ3v) is 2.39. The molecule has 0 aliphatic rings. The number of nitrogens with two attached hydrogens (primary N) is 1. The molecule has 0 unspecified atom stereocenters. The van der Waals surface area contributed by atoms with Crippen molar-refractivity contribution < 1.29 is 0 Å². The molecule has 0 atom stereocenters. The maximum Gasteiger partial charge on any atom is 0.128 e. The number of nitrogens with zero attached hydrogens (tertiary/aromatic N) is 3. The van der Waals surface area contributed by atoms with E-state index in [1.807, 2.05) is 13.1 Å². The van der Waals surface area contributed by atoms with E-state index < -0.39 is 0 Å². The average Bonchev–Trinajstić information content (AvgIpc) is 2.65. The van der Waals surface area contributed by atoms with Crippen LogP contribution in [-0.4, -0.2) is 19.8 Å². The van der Waals surface area contributed by atoms with Crippen molar-refractivity contribution in [3.05, 3.63) is 36.3 Å². The van der Waals surface area contributed by atoms with Crippen molar-refractivity contribution in [1.82, 2.24) is 14.8 Å². The molecular formula is C10H11N5S. The molecule has 0 bridgehead atoms. The fourth-order valence-electron chi connectivity index (χ4n) is 1.34. The van der Waals surface area contributed by atoms with Crippen LogP contribution in [0.2, 0.25) is 0 Å². The van der Waals surface area contributed by atoms with Crippen LogP contribution in [0.5, 0.6) is 0 Å². The molecule has 0 amide bonds. The molecule has 0 aliphatic heterocycles. The van der Waals surface area contributed by atoms with E-state index in [1.165, 1.54) is 0 Å². The van der Waals surface area contributed by atoms with E-state index in [2.05, 4.69) is 15.4 Å². The number of rotatable bonds is 3. The molecule has 5 nitrogen and oxygen atoms in total. The van der Waals surface area contributed by atoms with E-state index in [1.54, 1.807) is 29.3 Å².